The van der Waals surface area contributed by atoms with E-state index >= 15 is 0 Å². The molecule has 0 aromatic rings. The summed E-state index contributed by atoms with van der Waals surface area (Å²) in [4.78, 5) is 37.4. The standard InChI is InChI=1S/C64H123NO8/c1-6-8-10-12-14-16-18-20-22-23-24-25-26-27-28-29-30-31-32-33-34-35-36-37-38-39-41-42-44-46-48-50-52-54-61(66)71-58-60(59-72-64(63(68)69)70-57-56-65(3,4)5)73-62(67)55-53-51-49-47-45-43-40-21-19-17-15-13-11-9-7-2/h21,40,60,64H,6-20,22-39,41-59H2,1-5H3/p+1/b40-21-. The van der Waals surface area contributed by atoms with Gasteiger partial charge in [-0.05, 0) is 38.5 Å². The fourth-order valence-corrected chi connectivity index (χ4v) is 9.60. The minimum atomic E-state index is -1.51. The van der Waals surface area contributed by atoms with E-state index in [4.69, 9.17) is 18.9 Å². The Morgan fingerprint density at radius 2 is 0.699 bits per heavy atom. The monoisotopic (exact) mass is 1030 g/mol. The Hall–Kier alpha value is -1.97. The number of esters is 2. The van der Waals surface area contributed by atoms with Crippen LogP contribution >= 0.6 is 0 Å². The van der Waals surface area contributed by atoms with E-state index in [2.05, 4.69) is 26.0 Å². The van der Waals surface area contributed by atoms with Crippen LogP contribution in [0.2, 0.25) is 0 Å². The second-order valence-corrected chi connectivity index (χ2v) is 23.1. The van der Waals surface area contributed by atoms with Gasteiger partial charge in [-0.15, -0.1) is 0 Å². The molecule has 9 heteroatoms. The second kappa shape index (κ2) is 56.2. The Bertz CT molecular complexity index is 1200. The van der Waals surface area contributed by atoms with Crippen molar-refractivity contribution in [3.63, 3.8) is 0 Å². The summed E-state index contributed by atoms with van der Waals surface area (Å²) in [6, 6.07) is 0. The molecule has 0 aromatic heterocycles. The van der Waals surface area contributed by atoms with Crippen molar-refractivity contribution in [3.8, 4) is 0 Å². The summed E-state index contributed by atoms with van der Waals surface area (Å²) in [5.41, 5.74) is 0. The van der Waals surface area contributed by atoms with Crippen molar-refractivity contribution in [1.82, 2.24) is 0 Å². The number of ether oxygens (including phenoxy) is 4. The van der Waals surface area contributed by atoms with Gasteiger partial charge in [0.25, 0.3) is 6.29 Å². The molecule has 0 aromatic carbocycles. The topological polar surface area (TPSA) is 108 Å². The van der Waals surface area contributed by atoms with Gasteiger partial charge in [-0.25, -0.2) is 4.79 Å². The number of hydrogen-bond donors (Lipinski definition) is 1. The van der Waals surface area contributed by atoms with Crippen LogP contribution in [0.25, 0.3) is 0 Å². The molecule has 2 unspecified atom stereocenters. The minimum Gasteiger partial charge on any atom is -0.477 e. The lowest BCUT2D eigenvalue weighted by Gasteiger charge is -2.25. The highest BCUT2D eigenvalue weighted by Crippen LogP contribution is 2.18. The highest BCUT2D eigenvalue weighted by atomic mass is 16.7. The third kappa shape index (κ3) is 57.6. The van der Waals surface area contributed by atoms with Gasteiger partial charge < -0.3 is 28.5 Å². The van der Waals surface area contributed by atoms with Crippen molar-refractivity contribution in [2.45, 2.75) is 334 Å². The second-order valence-electron chi connectivity index (χ2n) is 23.1. The molecule has 0 amide bonds. The number of hydrogen-bond acceptors (Lipinski definition) is 7. The molecule has 9 nitrogen and oxygen atoms in total. The fraction of sp³-hybridized carbons (Fsp3) is 0.922. The maximum atomic E-state index is 12.8. The quantitative estimate of drug-likeness (QED) is 0.0211. The zero-order valence-corrected chi connectivity index (χ0v) is 49.3. The highest BCUT2D eigenvalue weighted by molar-refractivity contribution is 5.71. The Morgan fingerprint density at radius 3 is 1.01 bits per heavy atom. The summed E-state index contributed by atoms with van der Waals surface area (Å²) in [5.74, 6) is -1.99. The fourth-order valence-electron chi connectivity index (χ4n) is 9.60. The number of carboxylic acids is 1. The van der Waals surface area contributed by atoms with E-state index in [9.17, 15) is 19.5 Å². The van der Waals surface area contributed by atoms with Gasteiger partial charge in [0.15, 0.2) is 6.10 Å². The van der Waals surface area contributed by atoms with Gasteiger partial charge in [-0.3, -0.25) is 9.59 Å². The van der Waals surface area contributed by atoms with Crippen molar-refractivity contribution >= 4 is 17.9 Å². The summed E-state index contributed by atoms with van der Waals surface area (Å²) in [6.45, 7) is 4.92. The molecule has 2 atom stereocenters. The first-order valence-corrected chi connectivity index (χ1v) is 31.9. The third-order valence-corrected chi connectivity index (χ3v) is 14.5. The van der Waals surface area contributed by atoms with Crippen molar-refractivity contribution in [1.29, 1.82) is 0 Å². The lowest BCUT2D eigenvalue weighted by Crippen LogP contribution is -2.40. The SMILES string of the molecule is CCCCCCCC/C=C\CCCCCCCC(=O)OC(COC(=O)CCCCCCCCCCCCCCCCCCCCCCCCCCCCCCCCCCC)COC(OCC[N+](C)(C)C)C(=O)O. The largest absolute Gasteiger partial charge is 0.477 e. The molecule has 0 radical (unpaired) electrons. The number of allylic oxidation sites excluding steroid dienone is 2. The molecule has 73 heavy (non-hydrogen) atoms. The highest BCUT2D eigenvalue weighted by Gasteiger charge is 2.25. The number of quaternary nitrogens is 1. The minimum absolute atomic E-state index is 0.179. The predicted octanol–water partition coefficient (Wildman–Crippen LogP) is 18.9. The van der Waals surface area contributed by atoms with Crippen molar-refractivity contribution in [2.24, 2.45) is 0 Å². The van der Waals surface area contributed by atoms with Crippen LogP contribution in [0, 0.1) is 0 Å². The third-order valence-electron chi connectivity index (χ3n) is 14.5. The maximum absolute atomic E-state index is 12.8. The van der Waals surface area contributed by atoms with Crippen LogP contribution in [0.4, 0.5) is 0 Å². The lowest BCUT2D eigenvalue weighted by molar-refractivity contribution is -0.870. The maximum Gasteiger partial charge on any atom is 0.361 e. The van der Waals surface area contributed by atoms with Gasteiger partial charge >= 0.3 is 17.9 Å². The van der Waals surface area contributed by atoms with Crippen LogP contribution in [-0.4, -0.2) is 87.4 Å². The summed E-state index contributed by atoms with van der Waals surface area (Å²) in [5, 5.41) is 9.70. The molecule has 0 aliphatic rings. The lowest BCUT2D eigenvalue weighted by atomic mass is 10.0. The van der Waals surface area contributed by atoms with Gasteiger partial charge in [-0.1, -0.05) is 283 Å². The van der Waals surface area contributed by atoms with E-state index in [1.165, 1.54) is 238 Å². The van der Waals surface area contributed by atoms with Gasteiger partial charge in [0, 0.05) is 12.8 Å². The Kier molecular flexibility index (Phi) is 54.7. The molecule has 0 bridgehead atoms. The van der Waals surface area contributed by atoms with Gasteiger partial charge in [0.2, 0.25) is 0 Å². The number of likely N-dealkylation sites (N-methyl/N-ethyl adjacent to an activating group) is 1. The van der Waals surface area contributed by atoms with Gasteiger partial charge in [0.05, 0.1) is 34.4 Å². The normalized spacial score (nSPS) is 12.7. The zero-order valence-electron chi connectivity index (χ0n) is 49.3. The van der Waals surface area contributed by atoms with Gasteiger partial charge in [-0.2, -0.15) is 0 Å². The summed E-state index contributed by atoms with van der Waals surface area (Å²) in [6.07, 6.45) is 63.3. The summed E-state index contributed by atoms with van der Waals surface area (Å²) >= 11 is 0. The van der Waals surface area contributed by atoms with Crippen LogP contribution in [0.15, 0.2) is 12.2 Å². The van der Waals surface area contributed by atoms with Crippen molar-refractivity contribution in [3.05, 3.63) is 12.2 Å². The van der Waals surface area contributed by atoms with E-state index in [1.54, 1.807) is 0 Å². The number of rotatable bonds is 60. The Morgan fingerprint density at radius 1 is 0.397 bits per heavy atom. The number of unbranched alkanes of at least 4 members (excludes halogenated alkanes) is 43. The van der Waals surface area contributed by atoms with Crippen LogP contribution in [0.1, 0.15) is 322 Å². The molecule has 0 rings (SSSR count). The Labute approximate surface area is 453 Å². The molecule has 0 saturated heterocycles. The number of carbonyl (C=O) groups excluding carboxylic acids is 2. The van der Waals surface area contributed by atoms with E-state index in [0.717, 1.165) is 51.4 Å². The molecule has 0 aliphatic carbocycles. The van der Waals surface area contributed by atoms with Crippen LogP contribution in [-0.2, 0) is 33.3 Å². The summed E-state index contributed by atoms with van der Waals surface area (Å²) < 4.78 is 22.9. The smallest absolute Gasteiger partial charge is 0.361 e. The zero-order chi connectivity index (χ0) is 53.4. The number of nitrogens with zero attached hydrogens (tertiary/aromatic N) is 1. The number of aliphatic carboxylic acids is 1. The molecular weight excluding hydrogens is 911 g/mol. The molecule has 432 valence electrons. The molecule has 1 N–H and O–H groups in total. The van der Waals surface area contributed by atoms with E-state index < -0.39 is 24.3 Å². The van der Waals surface area contributed by atoms with Crippen molar-refractivity contribution < 1.29 is 42.9 Å². The number of carbonyl (C=O) groups is 3. The molecular formula is C64H124NO8+. The molecule has 0 spiro atoms. The van der Waals surface area contributed by atoms with Gasteiger partial charge in [0.1, 0.15) is 13.2 Å². The molecule has 0 heterocycles. The first kappa shape index (κ1) is 71.0. The van der Waals surface area contributed by atoms with E-state index in [1.807, 2.05) is 21.1 Å². The van der Waals surface area contributed by atoms with E-state index in [-0.39, 0.29) is 32.2 Å². The van der Waals surface area contributed by atoms with Crippen LogP contribution in [0.3, 0.4) is 0 Å². The van der Waals surface area contributed by atoms with Crippen LogP contribution < -0.4 is 0 Å². The first-order valence-electron chi connectivity index (χ1n) is 31.9. The van der Waals surface area contributed by atoms with Crippen molar-refractivity contribution in [2.75, 3.05) is 47.5 Å². The molecule has 0 fully saturated rings. The number of carboxylic acid groups (broad SMARTS) is 1. The average Bonchev–Trinajstić information content (AvgIpc) is 3.36. The Balaban J connectivity index is 3.99. The molecule has 0 aliphatic heterocycles. The van der Waals surface area contributed by atoms with Crippen LogP contribution in [0.5, 0.6) is 0 Å². The summed E-state index contributed by atoms with van der Waals surface area (Å²) in [7, 11) is 5.98. The predicted molar refractivity (Wildman–Crippen MR) is 309 cm³/mol. The average molecular weight is 1040 g/mol. The first-order chi connectivity index (χ1) is 35.6. The van der Waals surface area contributed by atoms with E-state index in [0.29, 0.717) is 23.9 Å². The molecule has 0 saturated carbocycles.